The van der Waals surface area contributed by atoms with E-state index in [0.29, 0.717) is 11.6 Å². The maximum absolute atomic E-state index is 6.42. The van der Waals surface area contributed by atoms with E-state index in [9.17, 15) is 0 Å². The molecule has 0 fully saturated rings. The maximum atomic E-state index is 6.42. The lowest BCUT2D eigenvalue weighted by molar-refractivity contribution is 0.269. The normalized spacial score (nSPS) is 18.8. The molecule has 8 aromatic rings. The Balaban J connectivity index is 1.08. The second kappa shape index (κ2) is 11.5. The number of hydrogen-bond acceptors (Lipinski definition) is 5. The van der Waals surface area contributed by atoms with Gasteiger partial charge >= 0.3 is 0 Å². The molecule has 0 saturated carbocycles. The van der Waals surface area contributed by atoms with Crippen LogP contribution in [0.3, 0.4) is 0 Å². The highest BCUT2D eigenvalue weighted by Crippen LogP contribution is 2.43. The van der Waals surface area contributed by atoms with Gasteiger partial charge in [-0.15, -0.1) is 0 Å². The van der Waals surface area contributed by atoms with Crippen molar-refractivity contribution in [2.24, 2.45) is 0 Å². The molecule has 2 unspecified atom stereocenters. The summed E-state index contributed by atoms with van der Waals surface area (Å²) >= 11 is 0. The quantitative estimate of drug-likeness (QED) is 0.187. The highest BCUT2D eigenvalue weighted by atomic mass is 16.5. The first-order chi connectivity index (χ1) is 25.7. The lowest BCUT2D eigenvalue weighted by Crippen LogP contribution is -2.32. The molecule has 5 nitrogen and oxygen atoms in total. The molecule has 3 heterocycles. The third-order valence-corrected chi connectivity index (χ3v) is 10.8. The third kappa shape index (κ3) is 4.66. The van der Waals surface area contributed by atoms with Crippen LogP contribution in [0.4, 0.5) is 0 Å². The molecule has 52 heavy (non-hydrogen) atoms. The van der Waals surface area contributed by atoms with Gasteiger partial charge in [-0.1, -0.05) is 127 Å². The van der Waals surface area contributed by atoms with Gasteiger partial charge in [0.15, 0.2) is 11.6 Å². The minimum absolute atomic E-state index is 0.0906. The van der Waals surface area contributed by atoms with Gasteiger partial charge in [0.2, 0.25) is 0 Å². The Morgan fingerprint density at radius 3 is 2.42 bits per heavy atom. The number of furan rings is 1. The van der Waals surface area contributed by atoms with Crippen LogP contribution in [0.25, 0.3) is 61.3 Å². The fourth-order valence-corrected chi connectivity index (χ4v) is 8.31. The Labute approximate surface area is 299 Å². The lowest BCUT2D eigenvalue weighted by Gasteiger charge is -2.22. The van der Waals surface area contributed by atoms with E-state index in [1.165, 1.54) is 32.5 Å². The molecule has 2 aromatic heterocycles. The predicted molar refractivity (Wildman–Crippen MR) is 207 cm³/mol. The average molecular weight is 670 g/mol. The number of allylic oxidation sites excluding steroid dienone is 2. The van der Waals surface area contributed by atoms with Gasteiger partial charge in [0, 0.05) is 39.3 Å². The van der Waals surface area contributed by atoms with E-state index in [2.05, 4.69) is 133 Å². The van der Waals surface area contributed by atoms with E-state index in [0.717, 1.165) is 56.5 Å². The predicted octanol–water partition coefficient (Wildman–Crippen LogP) is 9.26. The fraction of sp³-hybridized carbons (Fsp3) is 0.0851. The first kappa shape index (κ1) is 29.2. The Morgan fingerprint density at radius 1 is 0.635 bits per heavy atom. The lowest BCUT2D eigenvalue weighted by atomic mass is 9.85. The van der Waals surface area contributed by atoms with Crippen LogP contribution in [0.15, 0.2) is 156 Å². The monoisotopic (exact) mass is 669 g/mol. The number of hydrogen-bond donors (Lipinski definition) is 0. The van der Waals surface area contributed by atoms with E-state index < -0.39 is 0 Å². The van der Waals surface area contributed by atoms with Gasteiger partial charge in [0.25, 0.3) is 0 Å². The molecular formula is C47H31N3O2. The topological polar surface area (TPSA) is 61.0 Å². The summed E-state index contributed by atoms with van der Waals surface area (Å²) in [5.41, 5.74) is 7.33. The zero-order valence-corrected chi connectivity index (χ0v) is 28.1. The molecule has 0 N–H and O–H groups in total. The van der Waals surface area contributed by atoms with Crippen molar-refractivity contribution >= 4 is 49.9 Å². The summed E-state index contributed by atoms with van der Waals surface area (Å²) in [4.78, 5) is 15.7. The summed E-state index contributed by atoms with van der Waals surface area (Å²) in [6.07, 6.45) is 9.51. The van der Waals surface area contributed by atoms with E-state index in [4.69, 9.17) is 24.1 Å². The minimum Gasteiger partial charge on any atom is -0.485 e. The van der Waals surface area contributed by atoms with E-state index in [1.54, 1.807) is 0 Å². The third-order valence-electron chi connectivity index (χ3n) is 10.8. The van der Waals surface area contributed by atoms with Crippen LogP contribution < -0.4 is 15.2 Å². The molecular weight excluding hydrogens is 639 g/mol. The van der Waals surface area contributed by atoms with Crippen molar-refractivity contribution in [2.45, 2.75) is 24.4 Å². The van der Waals surface area contributed by atoms with Gasteiger partial charge in [-0.2, -0.15) is 0 Å². The van der Waals surface area contributed by atoms with Crippen molar-refractivity contribution in [3.8, 4) is 17.1 Å². The van der Waals surface area contributed by atoms with Gasteiger partial charge in [-0.3, -0.25) is 0 Å². The molecule has 6 aromatic carbocycles. The van der Waals surface area contributed by atoms with Gasteiger partial charge in [0.05, 0.1) is 0 Å². The Kier molecular flexibility index (Phi) is 6.44. The summed E-state index contributed by atoms with van der Waals surface area (Å²) in [7, 11) is 0. The highest BCUT2D eigenvalue weighted by molar-refractivity contribution is 6.10. The molecule has 1 aliphatic heterocycles. The van der Waals surface area contributed by atoms with Crippen molar-refractivity contribution in [2.75, 3.05) is 0 Å². The summed E-state index contributed by atoms with van der Waals surface area (Å²) in [5.74, 6) is 3.08. The molecule has 0 saturated heterocycles. The van der Waals surface area contributed by atoms with Crippen LogP contribution in [0, 0.1) is 0 Å². The molecule has 246 valence electrons. The van der Waals surface area contributed by atoms with Crippen LogP contribution in [-0.4, -0.2) is 21.1 Å². The summed E-state index contributed by atoms with van der Waals surface area (Å²) in [5, 5.41) is 6.98. The van der Waals surface area contributed by atoms with Crippen molar-refractivity contribution in [1.82, 2.24) is 15.0 Å². The SMILES string of the molecule is C1=CC2c3ccccc3O[C@H]2C=C1c1nc(-c2ccc3ccccc3c2)nc(C2C=c3ccccc3=C(c3cccc4oc5ccccc5c34)C2)n1. The molecule has 11 rings (SSSR count). The number of rotatable bonds is 4. The molecule has 3 aliphatic rings. The number of nitrogens with zero attached hydrogens (tertiary/aromatic N) is 3. The summed E-state index contributed by atoms with van der Waals surface area (Å²) in [6.45, 7) is 0. The molecule has 0 radical (unpaired) electrons. The number of aromatic nitrogens is 3. The van der Waals surface area contributed by atoms with Crippen molar-refractivity contribution in [3.05, 3.63) is 185 Å². The van der Waals surface area contributed by atoms with Crippen LogP contribution in [0.5, 0.6) is 5.75 Å². The number of ether oxygens (including phenoxy) is 1. The number of para-hydroxylation sites is 2. The largest absolute Gasteiger partial charge is 0.485 e. The number of benzene rings is 6. The van der Waals surface area contributed by atoms with Gasteiger partial charge in [0.1, 0.15) is 28.8 Å². The molecule has 0 amide bonds. The molecule has 3 atom stereocenters. The van der Waals surface area contributed by atoms with Crippen molar-refractivity contribution in [1.29, 1.82) is 0 Å². The second-order valence-corrected chi connectivity index (χ2v) is 13.8. The van der Waals surface area contributed by atoms with E-state index in [1.807, 2.05) is 24.3 Å². The standard InChI is InChI=1S/C47H31N3O2/c1-2-11-29-24-31(21-20-28(29)10-1)45-48-46(32-22-23-36-35-14-5-7-17-40(35)52-43(36)27-32)50-47(49-45)33-25-30-12-3-4-13-34(30)39(26-33)37-16-9-19-42-44(37)38-15-6-8-18-41(38)51-42/h1-25,27,33,36,43H,26H2/t33?,36?,43-/m0/s1. The first-order valence-electron chi connectivity index (χ1n) is 17.9. The second-order valence-electron chi connectivity index (χ2n) is 13.8. The van der Waals surface area contributed by atoms with Crippen molar-refractivity contribution < 1.29 is 9.15 Å². The smallest absolute Gasteiger partial charge is 0.163 e. The van der Waals surface area contributed by atoms with Crippen LogP contribution >= 0.6 is 0 Å². The first-order valence-corrected chi connectivity index (χ1v) is 17.9. The minimum atomic E-state index is -0.111. The summed E-state index contributed by atoms with van der Waals surface area (Å²) < 4.78 is 12.8. The Hall–Kier alpha value is -6.59. The van der Waals surface area contributed by atoms with Gasteiger partial charge < -0.3 is 9.15 Å². The molecule has 0 bridgehead atoms. The fourth-order valence-electron chi connectivity index (χ4n) is 8.31. The number of fused-ring (bicyclic) bond motifs is 8. The van der Waals surface area contributed by atoms with Gasteiger partial charge in [-0.05, 0) is 69.1 Å². The molecule has 2 aliphatic carbocycles. The summed E-state index contributed by atoms with van der Waals surface area (Å²) in [6, 6.07) is 46.5. The van der Waals surface area contributed by atoms with Crippen molar-refractivity contribution in [3.63, 3.8) is 0 Å². The van der Waals surface area contributed by atoms with Crippen LogP contribution in [0.2, 0.25) is 0 Å². The maximum Gasteiger partial charge on any atom is 0.163 e. The molecule has 5 heteroatoms. The zero-order chi connectivity index (χ0) is 34.2. The average Bonchev–Trinajstić information content (AvgIpc) is 3.78. The van der Waals surface area contributed by atoms with Crippen LogP contribution in [-0.2, 0) is 0 Å². The Bertz CT molecular complexity index is 2950. The Morgan fingerprint density at radius 2 is 1.44 bits per heavy atom. The zero-order valence-electron chi connectivity index (χ0n) is 28.1. The van der Waals surface area contributed by atoms with Gasteiger partial charge in [-0.25, -0.2) is 15.0 Å². The van der Waals surface area contributed by atoms with Crippen LogP contribution in [0.1, 0.15) is 41.0 Å². The molecule has 0 spiro atoms. The van der Waals surface area contributed by atoms with E-state index in [-0.39, 0.29) is 17.9 Å². The van der Waals surface area contributed by atoms with E-state index >= 15 is 0 Å². The highest BCUT2D eigenvalue weighted by Gasteiger charge is 2.34.